The molecule has 1 aliphatic heterocycles. The van der Waals surface area contributed by atoms with Crippen LogP contribution >= 0.6 is 19.0 Å². The molecular formula is C26H18AgIN3-. The summed E-state index contributed by atoms with van der Waals surface area (Å²) in [6, 6.07) is 30.8. The topological polar surface area (TPSA) is 10.9 Å². The first-order valence-corrected chi connectivity index (χ1v) is 14.5. The van der Waals surface area contributed by atoms with Crippen molar-refractivity contribution < 1.29 is 17.3 Å². The van der Waals surface area contributed by atoms with Crippen molar-refractivity contribution in [1.29, 1.82) is 0 Å². The van der Waals surface area contributed by atoms with Crippen molar-refractivity contribution in [2.45, 2.75) is 0 Å². The second kappa shape index (κ2) is 7.41. The first kappa shape index (κ1) is 19.4. The molecule has 4 aromatic carbocycles. The van der Waals surface area contributed by atoms with Crippen LogP contribution < -0.4 is 9.80 Å². The molecule has 0 unspecified atom stereocenters. The van der Waals surface area contributed by atoms with Gasteiger partial charge in [0, 0.05) is 38.6 Å². The molecule has 6 aromatic rings. The predicted molar refractivity (Wildman–Crippen MR) is 136 cm³/mol. The van der Waals surface area contributed by atoms with Crippen LogP contribution in [0.5, 0.6) is 0 Å². The summed E-state index contributed by atoms with van der Waals surface area (Å²) in [5.74, 6) is 0. The van der Waals surface area contributed by atoms with Crippen LogP contribution in [0.25, 0.3) is 38.1 Å². The number of anilines is 3. The van der Waals surface area contributed by atoms with Crippen molar-refractivity contribution in [2.75, 3.05) is 16.8 Å². The Hall–Kier alpha value is -2.25. The van der Waals surface area contributed by atoms with Crippen LogP contribution in [0.2, 0.25) is 0 Å². The van der Waals surface area contributed by atoms with Crippen LogP contribution in [0.4, 0.5) is 17.1 Å². The third kappa shape index (κ3) is 2.69. The van der Waals surface area contributed by atoms with Gasteiger partial charge in [-0.1, -0.05) is 48.5 Å². The molecule has 1 aliphatic rings. The van der Waals surface area contributed by atoms with Gasteiger partial charge >= 0.3 is 36.3 Å². The third-order valence-electron chi connectivity index (χ3n) is 6.29. The number of benzene rings is 4. The van der Waals surface area contributed by atoms with E-state index in [0.717, 1.165) is 0 Å². The van der Waals surface area contributed by atoms with E-state index in [0.29, 0.717) is 0 Å². The number of nitrogens with zero attached hydrogens (tertiary/aromatic N) is 3. The fourth-order valence-electron chi connectivity index (χ4n) is 5.04. The normalized spacial score (nSPS) is 13.4. The maximum absolute atomic E-state index is 2.92. The van der Waals surface area contributed by atoms with Gasteiger partial charge in [-0.05, 0) is 43.4 Å². The fourth-order valence-corrected chi connectivity index (χ4v) is 5.04. The Labute approximate surface area is 203 Å². The Bertz CT molecular complexity index is 1570. The number of halogens is 1. The zero-order chi connectivity index (χ0) is 21.1. The second-order valence-electron chi connectivity index (χ2n) is 7.84. The van der Waals surface area contributed by atoms with Gasteiger partial charge in [0.15, 0.2) is 0 Å². The molecule has 3 nitrogen and oxygen atoms in total. The molecule has 31 heavy (non-hydrogen) atoms. The molecule has 0 fully saturated rings. The number of rotatable bonds is 1. The van der Waals surface area contributed by atoms with Crippen LogP contribution in [-0.4, -0.2) is 11.4 Å². The first-order chi connectivity index (χ1) is 15.3. The van der Waals surface area contributed by atoms with Gasteiger partial charge in [-0.2, -0.15) is 6.67 Å². The Balaban J connectivity index is 0.000000902. The molecule has 2 aromatic heterocycles. The molecule has 156 valence electrons. The number of hydrogen-bond acceptors (Lipinski definition) is 2. The van der Waals surface area contributed by atoms with E-state index < -0.39 is 0 Å². The summed E-state index contributed by atoms with van der Waals surface area (Å²) in [7, 11) is 2.10. The molecule has 3 heterocycles. The summed E-state index contributed by atoms with van der Waals surface area (Å²) in [6.07, 6.45) is 0. The molecule has 0 aliphatic carbocycles. The SMILES string of the molecule is CN1[CH-]N(c2ccc3c(c2)c2cccc4c5ccccc5n3c42)c2ccccc21.[Ag][I]. The van der Waals surface area contributed by atoms with Gasteiger partial charge in [0.1, 0.15) is 0 Å². The first-order valence-electron chi connectivity index (χ1n) is 10.1. The van der Waals surface area contributed by atoms with Gasteiger partial charge in [0.2, 0.25) is 0 Å². The van der Waals surface area contributed by atoms with E-state index in [1.165, 1.54) is 55.2 Å². The Morgan fingerprint density at radius 3 is 2.16 bits per heavy atom. The van der Waals surface area contributed by atoms with Crippen molar-refractivity contribution in [3.8, 4) is 0 Å². The summed E-state index contributed by atoms with van der Waals surface area (Å²) in [4.78, 5) is 4.46. The monoisotopic (exact) mass is 606 g/mol. The van der Waals surface area contributed by atoms with Crippen molar-refractivity contribution in [3.05, 3.63) is 91.6 Å². The molecular weight excluding hydrogens is 589 g/mol. The van der Waals surface area contributed by atoms with E-state index in [9.17, 15) is 0 Å². The molecule has 5 heteroatoms. The summed E-state index contributed by atoms with van der Waals surface area (Å²) < 4.78 is 2.42. The molecule has 0 N–H and O–H groups in total. The molecule has 0 radical (unpaired) electrons. The zero-order valence-electron chi connectivity index (χ0n) is 16.7. The van der Waals surface area contributed by atoms with E-state index >= 15 is 0 Å². The fraction of sp³-hybridized carbons (Fsp3) is 0.0385. The minimum atomic E-state index is 1.19. The quantitative estimate of drug-likeness (QED) is 0.110. The van der Waals surface area contributed by atoms with Crippen molar-refractivity contribution in [2.24, 2.45) is 0 Å². The molecule has 0 bridgehead atoms. The van der Waals surface area contributed by atoms with Gasteiger partial charge in [-0.25, -0.2) is 0 Å². The zero-order valence-corrected chi connectivity index (χ0v) is 20.3. The average Bonchev–Trinajstić information content (AvgIpc) is 3.47. The Morgan fingerprint density at radius 2 is 1.32 bits per heavy atom. The summed E-state index contributed by atoms with van der Waals surface area (Å²) >= 11 is 4.88. The number of aromatic nitrogens is 1. The summed E-state index contributed by atoms with van der Waals surface area (Å²) in [5, 5.41) is 5.27. The molecule has 0 spiro atoms. The van der Waals surface area contributed by atoms with Crippen LogP contribution in [0.1, 0.15) is 0 Å². The molecule has 0 saturated heterocycles. The van der Waals surface area contributed by atoms with Crippen LogP contribution in [0, 0.1) is 6.67 Å². The van der Waals surface area contributed by atoms with E-state index in [1.807, 2.05) is 19.0 Å². The number of fused-ring (bicyclic) bond motifs is 7. The van der Waals surface area contributed by atoms with Crippen LogP contribution in [0.15, 0.2) is 84.9 Å². The van der Waals surface area contributed by atoms with E-state index in [-0.39, 0.29) is 0 Å². The molecule has 0 atom stereocenters. The van der Waals surface area contributed by atoms with Crippen molar-refractivity contribution in [1.82, 2.24) is 4.40 Å². The molecule has 7 rings (SSSR count). The van der Waals surface area contributed by atoms with Crippen LogP contribution in [-0.2, 0) is 17.3 Å². The number of para-hydroxylation sites is 4. The Kier molecular flexibility index (Phi) is 4.65. The third-order valence-corrected chi connectivity index (χ3v) is 6.29. The standard InChI is InChI=1S/C26H18N3.Ag.HI/c1-27-16-28(25-12-5-4-11-24(25)27)17-13-14-23-21(15-17)20-9-6-8-19-18-7-2-3-10-22(18)29(23)26(19)20;;/h2-16H,1H3;;1H/q-1;+1;/p-1. The summed E-state index contributed by atoms with van der Waals surface area (Å²) in [5.41, 5.74) is 7.50. The van der Waals surface area contributed by atoms with E-state index in [4.69, 9.17) is 0 Å². The van der Waals surface area contributed by atoms with Gasteiger partial charge in [0.25, 0.3) is 0 Å². The Morgan fingerprint density at radius 1 is 0.677 bits per heavy atom. The van der Waals surface area contributed by atoms with Gasteiger partial charge < -0.3 is 14.2 Å². The predicted octanol–water partition coefficient (Wildman–Crippen LogP) is 7.43. The number of hydrogen-bond donors (Lipinski definition) is 0. The van der Waals surface area contributed by atoms with Gasteiger partial charge in [0.05, 0.1) is 16.6 Å². The molecule has 0 saturated carbocycles. The minimum absolute atomic E-state index is 1.19. The van der Waals surface area contributed by atoms with Crippen molar-refractivity contribution >= 4 is 74.2 Å². The summed E-state index contributed by atoms with van der Waals surface area (Å²) in [6.45, 7) is 2.16. The van der Waals surface area contributed by atoms with E-state index in [1.54, 1.807) is 0 Å². The average molecular weight is 607 g/mol. The van der Waals surface area contributed by atoms with E-state index in [2.05, 4.69) is 130 Å². The molecule has 0 amide bonds. The van der Waals surface area contributed by atoms with Crippen LogP contribution in [0.3, 0.4) is 0 Å². The van der Waals surface area contributed by atoms with Gasteiger partial charge in [-0.3, -0.25) is 0 Å². The second-order valence-corrected chi connectivity index (χ2v) is 7.84. The van der Waals surface area contributed by atoms with Gasteiger partial charge in [-0.15, -0.1) is 0 Å². The maximum atomic E-state index is 2.92. The van der Waals surface area contributed by atoms with Crippen molar-refractivity contribution in [3.63, 3.8) is 0 Å².